The molecule has 0 amide bonds. The molecule has 0 bridgehead atoms. The van der Waals surface area contributed by atoms with Crippen LogP contribution in [0.5, 0.6) is 0 Å². The standard InChI is InChI=1S/2ClH.2FH.Sn/h4*1H;/q;;;;+4/p-4. The van der Waals surface area contributed by atoms with Gasteiger partial charge in [-0.05, 0) is 0 Å². The summed E-state index contributed by atoms with van der Waals surface area (Å²) in [4.78, 5) is 0. The normalized spacial score (nSPS) is 12.0. The second-order valence-electron chi connectivity index (χ2n) is 0.429. The third-order valence-electron chi connectivity index (χ3n) is 0. The van der Waals surface area contributed by atoms with Gasteiger partial charge in [-0.3, -0.25) is 0 Å². The summed E-state index contributed by atoms with van der Waals surface area (Å²) in [6.45, 7) is 0. The molecule has 0 atom stereocenters. The molecule has 0 unspecified atom stereocenters. The molecule has 0 spiro atoms. The fourth-order valence-corrected chi connectivity index (χ4v) is 0. The van der Waals surface area contributed by atoms with Gasteiger partial charge in [0.25, 0.3) is 0 Å². The summed E-state index contributed by atoms with van der Waals surface area (Å²) in [7, 11) is 8.34. The van der Waals surface area contributed by atoms with Crippen LogP contribution in [0.25, 0.3) is 0 Å². The Morgan fingerprint density at radius 1 is 1.20 bits per heavy atom. The summed E-state index contributed by atoms with van der Waals surface area (Å²) in [5, 5.41) is 0. The van der Waals surface area contributed by atoms with Gasteiger partial charge in [0.2, 0.25) is 0 Å². The summed E-state index contributed by atoms with van der Waals surface area (Å²) in [6, 6.07) is 0. The molecule has 5 heavy (non-hydrogen) atoms. The molecule has 0 saturated carbocycles. The molecule has 0 aromatic carbocycles. The average molecular weight is 228 g/mol. The summed E-state index contributed by atoms with van der Waals surface area (Å²) in [5.74, 6) is 0. The SMILES string of the molecule is [F][Sn]([F])([Cl])[Cl]. The summed E-state index contributed by atoms with van der Waals surface area (Å²) in [6.07, 6.45) is 0. The van der Waals surface area contributed by atoms with E-state index in [-0.39, 0.29) is 0 Å². The monoisotopic (exact) mass is 228 g/mol. The van der Waals surface area contributed by atoms with Crippen LogP contribution in [0.2, 0.25) is 0 Å². The van der Waals surface area contributed by atoms with E-state index < -0.39 is 17.3 Å². The van der Waals surface area contributed by atoms with Crippen molar-refractivity contribution in [2.45, 2.75) is 0 Å². The Kier molecular flexibility index (Phi) is 2.24. The van der Waals surface area contributed by atoms with Crippen LogP contribution in [0.1, 0.15) is 0 Å². The van der Waals surface area contributed by atoms with Gasteiger partial charge in [0.15, 0.2) is 0 Å². The maximum absolute atomic E-state index is 10.8. The van der Waals surface area contributed by atoms with E-state index in [0.717, 1.165) is 0 Å². The molecule has 0 aliphatic heterocycles. The van der Waals surface area contributed by atoms with Gasteiger partial charge < -0.3 is 0 Å². The van der Waals surface area contributed by atoms with Crippen LogP contribution in [0, 0.1) is 0 Å². The number of rotatable bonds is 0. The Bertz CT molecular complexity index is 23.1. The van der Waals surface area contributed by atoms with Crippen LogP contribution < -0.4 is 0 Å². The van der Waals surface area contributed by atoms with Crippen LogP contribution in [0.15, 0.2) is 0 Å². The van der Waals surface area contributed by atoms with Crippen molar-refractivity contribution in [2.24, 2.45) is 0 Å². The van der Waals surface area contributed by atoms with E-state index in [4.69, 9.17) is 0 Å². The van der Waals surface area contributed by atoms with E-state index in [1.807, 2.05) is 0 Å². The summed E-state index contributed by atoms with van der Waals surface area (Å²) < 4.78 is 21.5. The second-order valence-corrected chi connectivity index (χ2v) is 10.5. The van der Waals surface area contributed by atoms with Crippen LogP contribution >= 0.6 is 17.8 Å². The summed E-state index contributed by atoms with van der Waals surface area (Å²) >= 11 is -5.24. The van der Waals surface area contributed by atoms with Gasteiger partial charge in [0, 0.05) is 0 Å². The molecule has 0 aliphatic rings. The molecule has 0 fully saturated rings. The first-order valence-corrected chi connectivity index (χ1v) is 10.1. The van der Waals surface area contributed by atoms with Crippen molar-refractivity contribution < 1.29 is 5.73 Å². The number of halogens is 4. The van der Waals surface area contributed by atoms with E-state index in [2.05, 4.69) is 17.8 Å². The van der Waals surface area contributed by atoms with Crippen LogP contribution in [0.3, 0.4) is 0 Å². The minimum absolute atomic E-state index is 4.17. The number of hydrogen-bond acceptors (Lipinski definition) is 0. The number of hydrogen-bond donors (Lipinski definition) is 0. The van der Waals surface area contributed by atoms with Crippen LogP contribution in [-0.2, 0) is 0 Å². The van der Waals surface area contributed by atoms with Crippen molar-refractivity contribution in [3.63, 3.8) is 0 Å². The molecular weight excluding hydrogens is 228 g/mol. The zero-order valence-electron chi connectivity index (χ0n) is 2.01. The van der Waals surface area contributed by atoms with Crippen molar-refractivity contribution >= 4 is 35.1 Å². The molecule has 0 saturated heterocycles. The fraction of sp³-hybridized carbons (Fsp3) is 0. The average Bonchev–Trinajstić information content (AvgIpc) is 0.722. The van der Waals surface area contributed by atoms with Gasteiger partial charge in [0.1, 0.15) is 0 Å². The van der Waals surface area contributed by atoms with Crippen molar-refractivity contribution in [1.29, 1.82) is 0 Å². The van der Waals surface area contributed by atoms with Crippen molar-refractivity contribution in [2.75, 3.05) is 0 Å². The van der Waals surface area contributed by atoms with Gasteiger partial charge in [-0.1, -0.05) is 0 Å². The quantitative estimate of drug-likeness (QED) is 0.554. The van der Waals surface area contributed by atoms with Crippen molar-refractivity contribution in [1.82, 2.24) is 0 Å². The molecule has 5 heteroatoms. The maximum atomic E-state index is 10.8. The van der Waals surface area contributed by atoms with E-state index in [0.29, 0.717) is 0 Å². The molecule has 0 nitrogen and oxygen atoms in total. The van der Waals surface area contributed by atoms with E-state index >= 15 is 0 Å². The van der Waals surface area contributed by atoms with E-state index in [9.17, 15) is 5.73 Å². The Balaban J connectivity index is 3.02. The fourth-order valence-electron chi connectivity index (χ4n) is 0. The predicted octanol–water partition coefficient (Wildman–Crippen LogP) is 1.84. The molecule has 0 aliphatic carbocycles. The summed E-state index contributed by atoms with van der Waals surface area (Å²) in [5.41, 5.74) is 0. The second kappa shape index (κ2) is 1.80. The first-order valence-electron chi connectivity index (χ1n) is 0.756. The van der Waals surface area contributed by atoms with Crippen LogP contribution in [-0.4, -0.2) is 17.3 Å². The molecule has 32 valence electrons. The van der Waals surface area contributed by atoms with Gasteiger partial charge in [-0.25, -0.2) is 0 Å². The van der Waals surface area contributed by atoms with Crippen molar-refractivity contribution in [3.05, 3.63) is 0 Å². The first kappa shape index (κ1) is 6.24. The Labute approximate surface area is 40.9 Å². The molecular formula is Cl2F2Sn. The third-order valence-corrected chi connectivity index (χ3v) is 0. The zero-order valence-corrected chi connectivity index (χ0v) is 6.38. The topological polar surface area (TPSA) is 0 Å². The van der Waals surface area contributed by atoms with Crippen molar-refractivity contribution in [3.8, 4) is 0 Å². The minimum atomic E-state index is -5.24. The molecule has 0 radical (unpaired) electrons. The Hall–Kier alpha value is 1.24. The van der Waals surface area contributed by atoms with E-state index in [1.165, 1.54) is 0 Å². The van der Waals surface area contributed by atoms with Gasteiger partial charge in [-0.15, -0.1) is 0 Å². The first-order chi connectivity index (χ1) is 2.00. The molecule has 0 N–H and O–H groups in total. The Morgan fingerprint density at radius 3 is 1.20 bits per heavy atom. The molecule has 0 aromatic heterocycles. The van der Waals surface area contributed by atoms with E-state index in [1.54, 1.807) is 0 Å². The molecule has 0 heterocycles. The molecule has 0 aromatic rings. The zero-order chi connectivity index (χ0) is 4.50. The predicted molar refractivity (Wildman–Crippen MR) is 19.7 cm³/mol. The molecule has 0 rings (SSSR count). The Morgan fingerprint density at radius 2 is 1.20 bits per heavy atom. The van der Waals surface area contributed by atoms with Gasteiger partial charge in [-0.2, -0.15) is 0 Å². The van der Waals surface area contributed by atoms with Gasteiger partial charge in [0.05, 0.1) is 0 Å². The third kappa shape index (κ3) is 35.8. The van der Waals surface area contributed by atoms with Crippen LogP contribution in [0.4, 0.5) is 5.73 Å². The van der Waals surface area contributed by atoms with Gasteiger partial charge >= 0.3 is 40.8 Å².